The SMILES string of the molecule is CCn1cc(F)c(-c2ncccc2Cl)n1. The monoisotopic (exact) mass is 225 g/mol. The number of rotatable bonds is 2. The van der Waals surface area contributed by atoms with Gasteiger partial charge < -0.3 is 0 Å². The Morgan fingerprint density at radius 1 is 1.47 bits per heavy atom. The molecule has 0 unspecified atom stereocenters. The summed E-state index contributed by atoms with van der Waals surface area (Å²) in [5.41, 5.74) is 0.575. The van der Waals surface area contributed by atoms with Crippen LogP contribution in [0.4, 0.5) is 4.39 Å². The summed E-state index contributed by atoms with van der Waals surface area (Å²) < 4.78 is 15.0. The van der Waals surface area contributed by atoms with Gasteiger partial charge in [-0.05, 0) is 19.1 Å². The third-order valence-electron chi connectivity index (χ3n) is 2.02. The molecule has 0 aliphatic carbocycles. The molecule has 0 spiro atoms. The van der Waals surface area contributed by atoms with Gasteiger partial charge in [0.15, 0.2) is 5.82 Å². The maximum atomic E-state index is 13.5. The van der Waals surface area contributed by atoms with E-state index in [1.54, 1.807) is 18.3 Å². The van der Waals surface area contributed by atoms with Crippen molar-refractivity contribution in [3.05, 3.63) is 35.4 Å². The van der Waals surface area contributed by atoms with E-state index in [-0.39, 0.29) is 5.69 Å². The van der Waals surface area contributed by atoms with E-state index in [1.807, 2.05) is 6.92 Å². The Morgan fingerprint density at radius 2 is 2.27 bits per heavy atom. The Morgan fingerprint density at radius 3 is 2.87 bits per heavy atom. The van der Waals surface area contributed by atoms with Gasteiger partial charge in [0.25, 0.3) is 0 Å². The number of aryl methyl sites for hydroxylation is 1. The first-order valence-electron chi connectivity index (χ1n) is 4.56. The molecule has 0 N–H and O–H groups in total. The van der Waals surface area contributed by atoms with E-state index in [9.17, 15) is 4.39 Å². The minimum atomic E-state index is -0.405. The van der Waals surface area contributed by atoms with E-state index in [0.29, 0.717) is 17.3 Å². The molecule has 78 valence electrons. The topological polar surface area (TPSA) is 30.7 Å². The van der Waals surface area contributed by atoms with Gasteiger partial charge in [-0.15, -0.1) is 0 Å². The number of hydrogen-bond acceptors (Lipinski definition) is 2. The first-order valence-corrected chi connectivity index (χ1v) is 4.94. The van der Waals surface area contributed by atoms with Gasteiger partial charge in [0.05, 0.1) is 11.2 Å². The molecule has 3 nitrogen and oxygen atoms in total. The molecular formula is C10H9ClFN3. The van der Waals surface area contributed by atoms with Crippen molar-refractivity contribution in [1.82, 2.24) is 14.8 Å². The van der Waals surface area contributed by atoms with Crippen LogP contribution < -0.4 is 0 Å². The summed E-state index contributed by atoms with van der Waals surface area (Å²) in [4.78, 5) is 4.01. The van der Waals surface area contributed by atoms with Crippen LogP contribution in [0.3, 0.4) is 0 Å². The zero-order valence-electron chi connectivity index (χ0n) is 8.11. The first-order chi connectivity index (χ1) is 7.22. The summed E-state index contributed by atoms with van der Waals surface area (Å²) in [7, 11) is 0. The molecule has 0 amide bonds. The summed E-state index contributed by atoms with van der Waals surface area (Å²) >= 11 is 5.90. The molecule has 0 saturated heterocycles. The highest BCUT2D eigenvalue weighted by molar-refractivity contribution is 6.32. The van der Waals surface area contributed by atoms with Crippen LogP contribution in [0.5, 0.6) is 0 Å². The second-order valence-electron chi connectivity index (χ2n) is 3.02. The Bertz CT molecular complexity index is 481. The van der Waals surface area contributed by atoms with Crippen LogP contribution in [0.15, 0.2) is 24.5 Å². The van der Waals surface area contributed by atoms with Crippen LogP contribution in [0.2, 0.25) is 5.02 Å². The van der Waals surface area contributed by atoms with Crippen molar-refractivity contribution in [2.24, 2.45) is 0 Å². The standard InChI is InChI=1S/C10H9ClFN3/c1-2-15-6-8(12)10(14-15)9-7(11)4-3-5-13-9/h3-6H,2H2,1H3. The zero-order valence-corrected chi connectivity index (χ0v) is 8.87. The maximum Gasteiger partial charge on any atom is 0.170 e. The first kappa shape index (κ1) is 10.1. The summed E-state index contributed by atoms with van der Waals surface area (Å²) in [5.74, 6) is -0.405. The van der Waals surface area contributed by atoms with Crippen LogP contribution in [0, 0.1) is 5.82 Å². The lowest BCUT2D eigenvalue weighted by Gasteiger charge is -1.98. The molecule has 2 heterocycles. The van der Waals surface area contributed by atoms with E-state index in [4.69, 9.17) is 11.6 Å². The molecule has 5 heteroatoms. The highest BCUT2D eigenvalue weighted by atomic mass is 35.5. The normalized spacial score (nSPS) is 10.6. The maximum absolute atomic E-state index is 13.5. The summed E-state index contributed by atoms with van der Waals surface area (Å²) in [6.45, 7) is 2.50. The third-order valence-corrected chi connectivity index (χ3v) is 2.33. The van der Waals surface area contributed by atoms with E-state index in [0.717, 1.165) is 0 Å². The number of hydrogen-bond donors (Lipinski definition) is 0. The Labute approximate surface area is 91.5 Å². The van der Waals surface area contributed by atoms with Crippen LogP contribution in [-0.4, -0.2) is 14.8 Å². The molecule has 0 bridgehead atoms. The average Bonchev–Trinajstić information content (AvgIpc) is 2.60. The van der Waals surface area contributed by atoms with Crippen molar-refractivity contribution in [3.63, 3.8) is 0 Å². The van der Waals surface area contributed by atoms with Crippen molar-refractivity contribution in [3.8, 4) is 11.4 Å². The number of aromatic nitrogens is 3. The lowest BCUT2D eigenvalue weighted by molar-refractivity contribution is 0.615. The molecule has 0 aliphatic rings. The zero-order chi connectivity index (χ0) is 10.8. The van der Waals surface area contributed by atoms with Crippen molar-refractivity contribution >= 4 is 11.6 Å². The summed E-state index contributed by atoms with van der Waals surface area (Å²) in [5, 5.41) is 4.45. The second-order valence-corrected chi connectivity index (χ2v) is 3.42. The molecule has 0 saturated carbocycles. The Hall–Kier alpha value is -1.42. The fourth-order valence-electron chi connectivity index (χ4n) is 1.28. The molecule has 2 rings (SSSR count). The van der Waals surface area contributed by atoms with Crippen LogP contribution in [0.1, 0.15) is 6.92 Å². The van der Waals surface area contributed by atoms with Gasteiger partial charge in [0, 0.05) is 12.7 Å². The minimum Gasteiger partial charge on any atom is -0.269 e. The molecule has 2 aromatic heterocycles. The van der Waals surface area contributed by atoms with Gasteiger partial charge >= 0.3 is 0 Å². The molecule has 0 fully saturated rings. The lowest BCUT2D eigenvalue weighted by Crippen LogP contribution is -1.94. The number of pyridine rings is 1. The molecule has 0 aliphatic heterocycles. The van der Waals surface area contributed by atoms with Crippen molar-refractivity contribution in [2.45, 2.75) is 13.5 Å². The smallest absolute Gasteiger partial charge is 0.170 e. The summed E-state index contributed by atoms with van der Waals surface area (Å²) in [6.07, 6.45) is 2.89. The molecular weight excluding hydrogens is 217 g/mol. The average molecular weight is 226 g/mol. The third kappa shape index (κ3) is 1.85. The second kappa shape index (κ2) is 3.98. The molecule has 0 aromatic carbocycles. The molecule has 15 heavy (non-hydrogen) atoms. The summed E-state index contributed by atoms with van der Waals surface area (Å²) in [6, 6.07) is 3.36. The van der Waals surface area contributed by atoms with E-state index in [1.165, 1.54) is 10.9 Å². The fraction of sp³-hybridized carbons (Fsp3) is 0.200. The van der Waals surface area contributed by atoms with Crippen molar-refractivity contribution in [1.29, 1.82) is 0 Å². The van der Waals surface area contributed by atoms with E-state index in [2.05, 4.69) is 10.1 Å². The minimum absolute atomic E-state index is 0.197. The predicted octanol–water partition coefficient (Wildman–Crippen LogP) is 2.76. The Balaban J connectivity index is 2.54. The van der Waals surface area contributed by atoms with Gasteiger partial charge in [-0.25, -0.2) is 4.39 Å². The van der Waals surface area contributed by atoms with Gasteiger partial charge in [-0.2, -0.15) is 5.10 Å². The quantitative estimate of drug-likeness (QED) is 0.787. The van der Waals surface area contributed by atoms with Crippen LogP contribution in [-0.2, 0) is 6.54 Å². The van der Waals surface area contributed by atoms with E-state index >= 15 is 0 Å². The highest BCUT2D eigenvalue weighted by Crippen LogP contribution is 2.25. The van der Waals surface area contributed by atoms with Crippen molar-refractivity contribution in [2.75, 3.05) is 0 Å². The van der Waals surface area contributed by atoms with Gasteiger partial charge in [0.1, 0.15) is 11.4 Å². The fourth-order valence-corrected chi connectivity index (χ4v) is 1.49. The molecule has 0 radical (unpaired) electrons. The number of nitrogens with zero attached hydrogens (tertiary/aromatic N) is 3. The predicted molar refractivity (Wildman–Crippen MR) is 56.1 cm³/mol. The lowest BCUT2D eigenvalue weighted by atomic mass is 10.3. The largest absolute Gasteiger partial charge is 0.269 e. The van der Waals surface area contributed by atoms with Crippen LogP contribution >= 0.6 is 11.6 Å². The van der Waals surface area contributed by atoms with Crippen LogP contribution in [0.25, 0.3) is 11.4 Å². The highest BCUT2D eigenvalue weighted by Gasteiger charge is 2.14. The van der Waals surface area contributed by atoms with Gasteiger partial charge in [-0.1, -0.05) is 11.6 Å². The van der Waals surface area contributed by atoms with Gasteiger partial charge in [0.2, 0.25) is 0 Å². The van der Waals surface area contributed by atoms with E-state index < -0.39 is 5.82 Å². The Kier molecular flexibility index (Phi) is 2.68. The molecule has 2 aromatic rings. The van der Waals surface area contributed by atoms with Crippen molar-refractivity contribution < 1.29 is 4.39 Å². The number of halogens is 2. The molecule has 0 atom stereocenters. The van der Waals surface area contributed by atoms with Gasteiger partial charge in [-0.3, -0.25) is 9.67 Å².